The van der Waals surface area contributed by atoms with Gasteiger partial charge in [-0.1, -0.05) is 17.7 Å². The molecule has 1 rings (SSSR count). The Bertz CT molecular complexity index is 325. The molecule has 0 aromatic heterocycles. The van der Waals surface area contributed by atoms with Crippen molar-refractivity contribution in [2.24, 2.45) is 0 Å². The molecule has 0 aliphatic carbocycles. The van der Waals surface area contributed by atoms with E-state index >= 15 is 0 Å². The minimum absolute atomic E-state index is 0.439. The Kier molecular flexibility index (Phi) is 3.28. The summed E-state index contributed by atoms with van der Waals surface area (Å²) >= 11 is 5.73. The van der Waals surface area contributed by atoms with Gasteiger partial charge in [0.05, 0.1) is 0 Å². The summed E-state index contributed by atoms with van der Waals surface area (Å²) in [6.45, 7) is 1.33. The van der Waals surface area contributed by atoms with Crippen LogP contribution in [0.15, 0.2) is 18.2 Å². The van der Waals surface area contributed by atoms with Crippen LogP contribution in [0.1, 0.15) is 5.56 Å². The van der Waals surface area contributed by atoms with Crippen molar-refractivity contribution in [3.63, 3.8) is 0 Å². The first-order valence-corrected chi connectivity index (χ1v) is 4.18. The fourth-order valence-electron chi connectivity index (χ4n) is 0.919. The summed E-state index contributed by atoms with van der Waals surface area (Å²) in [6, 6.07) is 5.19. The van der Waals surface area contributed by atoms with Crippen molar-refractivity contribution in [2.75, 3.05) is 11.9 Å². The second-order valence-corrected chi connectivity index (χ2v) is 3.10. The molecule has 0 saturated carbocycles. The number of nitrogens with one attached hydrogen (secondary N) is 1. The molecule has 0 heterocycles. The largest absolute Gasteiger partial charge is 0.387 e. The van der Waals surface area contributed by atoms with Crippen LogP contribution in [0.4, 0.5) is 5.69 Å². The number of aliphatic hydroxyl groups is 1. The summed E-state index contributed by atoms with van der Waals surface area (Å²) in [7, 11) is 0. The van der Waals surface area contributed by atoms with E-state index in [1.54, 1.807) is 18.2 Å². The Morgan fingerprint density at radius 1 is 1.62 bits per heavy atom. The molecule has 13 heavy (non-hydrogen) atoms. The van der Waals surface area contributed by atoms with Crippen LogP contribution in [0.25, 0.3) is 0 Å². The minimum Gasteiger partial charge on any atom is -0.387 e. The standard InChI is InChI=1S/C9H10ClNO2/c1-6-2-3-7(10)4-8(6)11-9(13)5-12/h2-4,12H,5H2,1H3,(H,11,13). The fourth-order valence-corrected chi connectivity index (χ4v) is 1.09. The third-order valence-electron chi connectivity index (χ3n) is 1.62. The number of carbonyl (C=O) groups excluding carboxylic acids is 1. The molecule has 0 spiro atoms. The molecule has 0 saturated heterocycles. The highest BCUT2D eigenvalue weighted by Gasteiger charge is 2.03. The lowest BCUT2D eigenvalue weighted by Crippen LogP contribution is -2.16. The molecule has 0 aliphatic heterocycles. The van der Waals surface area contributed by atoms with Crippen molar-refractivity contribution >= 4 is 23.2 Å². The van der Waals surface area contributed by atoms with Gasteiger partial charge in [0, 0.05) is 10.7 Å². The average Bonchev–Trinajstić information content (AvgIpc) is 2.11. The molecule has 0 radical (unpaired) electrons. The Morgan fingerprint density at radius 3 is 2.92 bits per heavy atom. The van der Waals surface area contributed by atoms with Gasteiger partial charge in [0.15, 0.2) is 0 Å². The van der Waals surface area contributed by atoms with Crippen LogP contribution in [0.3, 0.4) is 0 Å². The second kappa shape index (κ2) is 4.25. The number of carbonyl (C=O) groups is 1. The summed E-state index contributed by atoms with van der Waals surface area (Å²) in [5.41, 5.74) is 1.54. The summed E-state index contributed by atoms with van der Waals surface area (Å²) in [4.78, 5) is 10.8. The second-order valence-electron chi connectivity index (χ2n) is 2.67. The molecule has 4 heteroatoms. The smallest absolute Gasteiger partial charge is 0.250 e. The first kappa shape index (κ1) is 10.0. The van der Waals surface area contributed by atoms with Crippen LogP contribution in [0.5, 0.6) is 0 Å². The molecule has 0 unspecified atom stereocenters. The maximum atomic E-state index is 10.8. The van der Waals surface area contributed by atoms with Gasteiger partial charge in [0.2, 0.25) is 5.91 Å². The number of rotatable bonds is 2. The number of halogens is 1. The van der Waals surface area contributed by atoms with Crippen LogP contribution in [-0.2, 0) is 4.79 Å². The predicted octanol–water partition coefficient (Wildman–Crippen LogP) is 1.58. The van der Waals surface area contributed by atoms with Gasteiger partial charge >= 0.3 is 0 Å². The lowest BCUT2D eigenvalue weighted by molar-refractivity contribution is -0.118. The molecule has 1 aromatic rings. The van der Waals surface area contributed by atoms with Crippen molar-refractivity contribution in [1.29, 1.82) is 0 Å². The third-order valence-corrected chi connectivity index (χ3v) is 1.85. The molecule has 0 bridgehead atoms. The van der Waals surface area contributed by atoms with E-state index in [1.807, 2.05) is 6.92 Å². The van der Waals surface area contributed by atoms with Crippen molar-refractivity contribution in [2.45, 2.75) is 6.92 Å². The highest BCUT2D eigenvalue weighted by Crippen LogP contribution is 2.19. The summed E-state index contributed by atoms with van der Waals surface area (Å²) in [5.74, 6) is -0.439. The summed E-state index contributed by atoms with van der Waals surface area (Å²) < 4.78 is 0. The number of aryl methyl sites for hydroxylation is 1. The van der Waals surface area contributed by atoms with Gasteiger partial charge in [-0.3, -0.25) is 4.79 Å². The normalized spacial score (nSPS) is 9.77. The van der Waals surface area contributed by atoms with E-state index < -0.39 is 12.5 Å². The SMILES string of the molecule is Cc1ccc(Cl)cc1NC(=O)CO. The van der Waals surface area contributed by atoms with E-state index in [0.29, 0.717) is 10.7 Å². The highest BCUT2D eigenvalue weighted by atomic mass is 35.5. The van der Waals surface area contributed by atoms with E-state index in [1.165, 1.54) is 0 Å². The zero-order chi connectivity index (χ0) is 9.84. The van der Waals surface area contributed by atoms with Crippen molar-refractivity contribution in [1.82, 2.24) is 0 Å². The fraction of sp³-hybridized carbons (Fsp3) is 0.222. The van der Waals surface area contributed by atoms with E-state index in [-0.39, 0.29) is 0 Å². The van der Waals surface area contributed by atoms with Crippen molar-refractivity contribution in [3.05, 3.63) is 28.8 Å². The Morgan fingerprint density at radius 2 is 2.31 bits per heavy atom. The van der Waals surface area contributed by atoms with Crippen molar-refractivity contribution < 1.29 is 9.90 Å². The molecule has 1 amide bonds. The molecule has 70 valence electrons. The van der Waals surface area contributed by atoms with Gasteiger partial charge < -0.3 is 10.4 Å². The minimum atomic E-state index is -0.522. The lowest BCUT2D eigenvalue weighted by atomic mass is 10.2. The molecule has 3 nitrogen and oxygen atoms in total. The molecular formula is C9H10ClNO2. The summed E-state index contributed by atoms with van der Waals surface area (Å²) in [5, 5.41) is 11.6. The van der Waals surface area contributed by atoms with Crippen LogP contribution in [-0.4, -0.2) is 17.6 Å². The molecule has 1 aromatic carbocycles. The molecule has 0 atom stereocenters. The van der Waals surface area contributed by atoms with Gasteiger partial charge in [-0.15, -0.1) is 0 Å². The van der Waals surface area contributed by atoms with Gasteiger partial charge in [0.1, 0.15) is 6.61 Å². The van der Waals surface area contributed by atoms with E-state index in [9.17, 15) is 4.79 Å². The number of aliphatic hydroxyl groups excluding tert-OH is 1. The topological polar surface area (TPSA) is 49.3 Å². The van der Waals surface area contributed by atoms with Crippen LogP contribution < -0.4 is 5.32 Å². The zero-order valence-electron chi connectivity index (χ0n) is 7.17. The third kappa shape index (κ3) is 2.72. The van der Waals surface area contributed by atoms with Gasteiger partial charge in [-0.05, 0) is 24.6 Å². The maximum absolute atomic E-state index is 10.8. The maximum Gasteiger partial charge on any atom is 0.250 e. The number of hydrogen-bond donors (Lipinski definition) is 2. The summed E-state index contributed by atoms with van der Waals surface area (Å²) in [6.07, 6.45) is 0. The lowest BCUT2D eigenvalue weighted by Gasteiger charge is -2.06. The Hall–Kier alpha value is -1.06. The van der Waals surface area contributed by atoms with Crippen LogP contribution >= 0.6 is 11.6 Å². The monoisotopic (exact) mass is 199 g/mol. The molecular weight excluding hydrogens is 190 g/mol. The van der Waals surface area contributed by atoms with Crippen molar-refractivity contribution in [3.8, 4) is 0 Å². The Labute approximate surface area is 81.3 Å². The van der Waals surface area contributed by atoms with Crippen LogP contribution in [0, 0.1) is 6.92 Å². The van der Waals surface area contributed by atoms with E-state index in [0.717, 1.165) is 5.56 Å². The van der Waals surface area contributed by atoms with Crippen LogP contribution in [0.2, 0.25) is 5.02 Å². The molecule has 2 N–H and O–H groups in total. The Balaban J connectivity index is 2.87. The zero-order valence-corrected chi connectivity index (χ0v) is 7.93. The quantitative estimate of drug-likeness (QED) is 0.760. The molecule has 0 aliphatic rings. The average molecular weight is 200 g/mol. The number of hydrogen-bond acceptors (Lipinski definition) is 2. The highest BCUT2D eigenvalue weighted by molar-refractivity contribution is 6.31. The van der Waals surface area contributed by atoms with E-state index in [4.69, 9.17) is 16.7 Å². The first-order valence-electron chi connectivity index (χ1n) is 3.80. The molecule has 0 fully saturated rings. The van der Waals surface area contributed by atoms with Gasteiger partial charge in [0.25, 0.3) is 0 Å². The number of benzene rings is 1. The number of amides is 1. The number of anilines is 1. The van der Waals surface area contributed by atoms with Gasteiger partial charge in [-0.2, -0.15) is 0 Å². The predicted molar refractivity (Wildman–Crippen MR) is 51.9 cm³/mol. The van der Waals surface area contributed by atoms with E-state index in [2.05, 4.69) is 5.32 Å². The first-order chi connectivity index (χ1) is 6.13. The van der Waals surface area contributed by atoms with Gasteiger partial charge in [-0.25, -0.2) is 0 Å².